The van der Waals surface area contributed by atoms with E-state index in [2.05, 4.69) is 21.2 Å². The lowest BCUT2D eigenvalue weighted by Gasteiger charge is -2.34. The Morgan fingerprint density at radius 1 is 0.936 bits per heavy atom. The van der Waals surface area contributed by atoms with Crippen LogP contribution in [0.4, 0.5) is 5.69 Å². The van der Waals surface area contributed by atoms with E-state index in [9.17, 15) is 18.0 Å². The normalized spacial score (nSPS) is 11.9. The van der Waals surface area contributed by atoms with Gasteiger partial charge in [0.25, 0.3) is 10.0 Å². The molecule has 2 amide bonds. The van der Waals surface area contributed by atoms with Crippen LogP contribution in [0.1, 0.15) is 30.0 Å². The Morgan fingerprint density at radius 3 is 2.19 bits per heavy atom. The lowest BCUT2D eigenvalue weighted by atomic mass is 10.0. The number of benzene rings is 4. The number of amides is 2. The summed E-state index contributed by atoms with van der Waals surface area (Å²) in [4.78, 5) is 29.7. The smallest absolute Gasteiger partial charge is 0.264 e. The molecule has 1 atom stereocenters. The first-order chi connectivity index (χ1) is 22.5. The molecule has 0 aliphatic heterocycles. The molecule has 12 heteroatoms. The van der Waals surface area contributed by atoms with Gasteiger partial charge in [-0.15, -0.1) is 0 Å². The van der Waals surface area contributed by atoms with Crippen LogP contribution in [0.5, 0.6) is 5.75 Å². The number of anilines is 1. The molecule has 0 radical (unpaired) electrons. The van der Waals surface area contributed by atoms with Gasteiger partial charge >= 0.3 is 0 Å². The predicted molar refractivity (Wildman–Crippen MR) is 191 cm³/mol. The number of halogens is 3. The number of sulfonamides is 1. The number of nitrogens with zero attached hydrogens (tertiary/aromatic N) is 2. The highest BCUT2D eigenvalue weighted by atomic mass is 79.9. The number of hydrogen-bond donors (Lipinski definition) is 1. The van der Waals surface area contributed by atoms with Crippen molar-refractivity contribution in [3.63, 3.8) is 0 Å². The Morgan fingerprint density at radius 2 is 1.60 bits per heavy atom. The second-order valence-electron chi connectivity index (χ2n) is 10.9. The maximum Gasteiger partial charge on any atom is 0.264 e. The number of ether oxygens (including phenoxy) is 1. The van der Waals surface area contributed by atoms with Crippen molar-refractivity contribution >= 4 is 66.7 Å². The fraction of sp³-hybridized carbons (Fsp3) is 0.257. The third-order valence-corrected chi connectivity index (χ3v) is 10.6. The Labute approximate surface area is 294 Å². The molecule has 0 aliphatic rings. The molecule has 47 heavy (non-hydrogen) atoms. The van der Waals surface area contributed by atoms with Crippen LogP contribution < -0.4 is 14.4 Å². The van der Waals surface area contributed by atoms with Gasteiger partial charge in [-0.1, -0.05) is 84.2 Å². The molecule has 8 nitrogen and oxygen atoms in total. The molecule has 0 unspecified atom stereocenters. The van der Waals surface area contributed by atoms with E-state index in [1.54, 1.807) is 42.5 Å². The monoisotopic (exact) mass is 759 g/mol. The molecule has 0 saturated carbocycles. The number of nitrogens with one attached hydrogen (secondary N) is 1. The van der Waals surface area contributed by atoms with Crippen molar-refractivity contribution in [2.75, 3.05) is 24.5 Å². The van der Waals surface area contributed by atoms with Crippen molar-refractivity contribution in [1.29, 1.82) is 0 Å². The van der Waals surface area contributed by atoms with Gasteiger partial charge in [0.2, 0.25) is 11.8 Å². The molecule has 0 spiro atoms. The zero-order valence-corrected chi connectivity index (χ0v) is 30.2. The maximum atomic E-state index is 14.6. The van der Waals surface area contributed by atoms with Gasteiger partial charge in [0.15, 0.2) is 0 Å². The summed E-state index contributed by atoms with van der Waals surface area (Å²) in [6, 6.07) is 24.5. The molecule has 4 rings (SSSR count). The van der Waals surface area contributed by atoms with E-state index in [0.717, 1.165) is 15.4 Å². The molecule has 0 fully saturated rings. The van der Waals surface area contributed by atoms with Gasteiger partial charge in [0, 0.05) is 35.1 Å². The molecule has 4 aromatic carbocycles. The average molecular weight is 762 g/mol. The van der Waals surface area contributed by atoms with E-state index in [1.807, 2.05) is 44.2 Å². The van der Waals surface area contributed by atoms with Crippen LogP contribution >= 0.6 is 39.1 Å². The summed E-state index contributed by atoms with van der Waals surface area (Å²) in [5.74, 6) is -0.548. The summed E-state index contributed by atoms with van der Waals surface area (Å²) in [5, 5.41) is 3.55. The summed E-state index contributed by atoms with van der Waals surface area (Å²) in [6.07, 6.45) is 0.859. The van der Waals surface area contributed by atoms with Crippen LogP contribution in [-0.4, -0.2) is 51.4 Å². The topological polar surface area (TPSA) is 96.0 Å². The minimum atomic E-state index is -4.30. The first kappa shape index (κ1) is 36.3. The summed E-state index contributed by atoms with van der Waals surface area (Å²) < 4.78 is 35.4. The maximum absolute atomic E-state index is 14.6. The predicted octanol–water partition coefficient (Wildman–Crippen LogP) is 7.43. The molecular weight excluding hydrogens is 725 g/mol. The van der Waals surface area contributed by atoms with Crippen molar-refractivity contribution in [2.45, 2.75) is 44.2 Å². The van der Waals surface area contributed by atoms with Crippen LogP contribution in [0.25, 0.3) is 0 Å². The van der Waals surface area contributed by atoms with Gasteiger partial charge in [0.05, 0.1) is 22.2 Å². The van der Waals surface area contributed by atoms with Gasteiger partial charge in [-0.05, 0) is 77.3 Å². The molecule has 0 saturated heterocycles. The highest BCUT2D eigenvalue weighted by molar-refractivity contribution is 9.10. The van der Waals surface area contributed by atoms with E-state index in [-0.39, 0.29) is 29.5 Å². The molecular formula is C35H36BrCl2N3O5S. The SMILES string of the molecule is CCCNC(=O)[C@@H](Cc1ccccc1)N(Cc1c(Cl)cccc1Cl)C(=O)CN(c1ccc(C)cc1)S(=O)(=O)c1ccc(OC)c(Br)c1. The molecule has 248 valence electrons. The number of carbonyl (C=O) groups excluding carboxylic acids is 2. The Bertz CT molecular complexity index is 1790. The molecule has 0 aliphatic carbocycles. The summed E-state index contributed by atoms with van der Waals surface area (Å²) >= 11 is 16.5. The van der Waals surface area contributed by atoms with E-state index >= 15 is 0 Å². The second-order valence-corrected chi connectivity index (χ2v) is 14.4. The molecule has 0 heterocycles. The summed E-state index contributed by atoms with van der Waals surface area (Å²) in [6.45, 7) is 3.47. The Balaban J connectivity index is 1.84. The van der Waals surface area contributed by atoms with Gasteiger partial charge < -0.3 is 15.0 Å². The van der Waals surface area contributed by atoms with Crippen LogP contribution in [0, 0.1) is 6.92 Å². The Kier molecular flexibility index (Phi) is 12.7. The zero-order valence-electron chi connectivity index (χ0n) is 26.3. The van der Waals surface area contributed by atoms with Gasteiger partial charge in [-0.2, -0.15) is 0 Å². The van der Waals surface area contributed by atoms with Gasteiger partial charge in [-0.25, -0.2) is 8.42 Å². The standard InChI is InChI=1S/C35H36BrCl2N3O5S/c1-4-19-39-35(43)32(20-25-9-6-5-7-10-25)40(22-28-30(37)11-8-12-31(28)38)34(42)23-41(26-15-13-24(2)14-16-26)47(44,45)27-17-18-33(46-3)29(36)21-27/h5-18,21,32H,4,19-20,22-23H2,1-3H3,(H,39,43)/t32-/m1/s1. The lowest BCUT2D eigenvalue weighted by molar-refractivity contribution is -0.140. The first-order valence-electron chi connectivity index (χ1n) is 14.9. The highest BCUT2D eigenvalue weighted by Crippen LogP contribution is 2.32. The van der Waals surface area contributed by atoms with Gasteiger partial charge in [-0.3, -0.25) is 13.9 Å². The van der Waals surface area contributed by atoms with Crippen molar-refractivity contribution in [2.24, 2.45) is 0 Å². The highest BCUT2D eigenvalue weighted by Gasteiger charge is 2.35. The number of aryl methyl sites for hydroxylation is 1. The van der Waals surface area contributed by atoms with Gasteiger partial charge in [0.1, 0.15) is 18.3 Å². The molecule has 0 bridgehead atoms. The third kappa shape index (κ3) is 9.07. The number of carbonyl (C=O) groups is 2. The van der Waals surface area contributed by atoms with E-state index < -0.39 is 28.5 Å². The Hall–Kier alpha value is -3.57. The molecule has 0 aromatic heterocycles. The van der Waals surface area contributed by atoms with E-state index in [4.69, 9.17) is 27.9 Å². The lowest BCUT2D eigenvalue weighted by Crippen LogP contribution is -2.53. The van der Waals surface area contributed by atoms with Crippen molar-refractivity contribution in [3.05, 3.63) is 122 Å². The number of methoxy groups -OCH3 is 1. The average Bonchev–Trinajstić information content (AvgIpc) is 3.06. The summed E-state index contributed by atoms with van der Waals surface area (Å²) in [7, 11) is -2.82. The van der Waals surface area contributed by atoms with Crippen LogP contribution in [-0.2, 0) is 32.6 Å². The van der Waals surface area contributed by atoms with E-state index in [0.29, 0.717) is 38.8 Å². The van der Waals surface area contributed by atoms with E-state index in [1.165, 1.54) is 30.2 Å². The second kappa shape index (κ2) is 16.5. The minimum Gasteiger partial charge on any atom is -0.496 e. The minimum absolute atomic E-state index is 0.0548. The molecule has 1 N–H and O–H groups in total. The number of rotatable bonds is 14. The quantitative estimate of drug-likeness (QED) is 0.144. The van der Waals surface area contributed by atoms with Crippen LogP contribution in [0.2, 0.25) is 10.0 Å². The fourth-order valence-corrected chi connectivity index (χ4v) is 7.60. The third-order valence-electron chi connectivity index (χ3n) is 7.52. The van der Waals surface area contributed by atoms with Crippen molar-refractivity contribution in [3.8, 4) is 5.75 Å². The van der Waals surface area contributed by atoms with Crippen LogP contribution in [0.3, 0.4) is 0 Å². The van der Waals surface area contributed by atoms with Crippen LogP contribution in [0.15, 0.2) is 100 Å². The van der Waals surface area contributed by atoms with Crippen molar-refractivity contribution < 1.29 is 22.7 Å². The number of hydrogen-bond acceptors (Lipinski definition) is 5. The fourth-order valence-electron chi connectivity index (χ4n) is 4.95. The molecule has 4 aromatic rings. The first-order valence-corrected chi connectivity index (χ1v) is 17.9. The largest absolute Gasteiger partial charge is 0.496 e. The summed E-state index contributed by atoms with van der Waals surface area (Å²) in [5.41, 5.74) is 2.45. The zero-order chi connectivity index (χ0) is 34.1. The van der Waals surface area contributed by atoms with Crippen molar-refractivity contribution in [1.82, 2.24) is 10.2 Å².